The highest BCUT2D eigenvalue weighted by Crippen LogP contribution is 2.21. The molecule has 1 unspecified atom stereocenters. The predicted molar refractivity (Wildman–Crippen MR) is 56.3 cm³/mol. The second kappa shape index (κ2) is 6.35. The lowest BCUT2D eigenvalue weighted by Gasteiger charge is -2.22. The van der Waals surface area contributed by atoms with Gasteiger partial charge in [-0.2, -0.15) is 0 Å². The standard InChI is InChI=1S/C10H24N2O/c1-5-13-8-9(12-11)6-7-10(2,3)4/h9,12H,5-8,11H2,1-4H3. The number of nitrogens with two attached hydrogens (primary N) is 1. The van der Waals surface area contributed by atoms with E-state index in [0.29, 0.717) is 18.1 Å². The van der Waals surface area contributed by atoms with Crippen molar-refractivity contribution in [3.63, 3.8) is 0 Å². The molecule has 0 rings (SSSR count). The van der Waals surface area contributed by atoms with Crippen LogP contribution in [0.3, 0.4) is 0 Å². The Morgan fingerprint density at radius 3 is 2.38 bits per heavy atom. The van der Waals surface area contributed by atoms with Crippen molar-refractivity contribution in [3.05, 3.63) is 0 Å². The highest BCUT2D eigenvalue weighted by molar-refractivity contribution is 4.68. The summed E-state index contributed by atoms with van der Waals surface area (Å²) in [6.07, 6.45) is 2.23. The second-order valence-electron chi connectivity index (χ2n) is 4.62. The van der Waals surface area contributed by atoms with Gasteiger partial charge < -0.3 is 4.74 Å². The van der Waals surface area contributed by atoms with Crippen molar-refractivity contribution in [2.45, 2.75) is 46.6 Å². The average molecular weight is 188 g/mol. The van der Waals surface area contributed by atoms with Crippen LogP contribution in [0.1, 0.15) is 40.5 Å². The summed E-state index contributed by atoms with van der Waals surface area (Å²) in [4.78, 5) is 0. The molecule has 0 saturated heterocycles. The lowest BCUT2D eigenvalue weighted by molar-refractivity contribution is 0.115. The van der Waals surface area contributed by atoms with Crippen LogP contribution in [0.25, 0.3) is 0 Å². The molecule has 1 atom stereocenters. The van der Waals surface area contributed by atoms with Gasteiger partial charge in [0.2, 0.25) is 0 Å². The molecule has 0 heterocycles. The second-order valence-corrected chi connectivity index (χ2v) is 4.62. The molecule has 0 saturated carbocycles. The summed E-state index contributed by atoms with van der Waals surface area (Å²) in [5, 5.41) is 0. The van der Waals surface area contributed by atoms with Crippen LogP contribution in [-0.4, -0.2) is 19.3 Å². The van der Waals surface area contributed by atoms with Gasteiger partial charge in [0.1, 0.15) is 0 Å². The first kappa shape index (κ1) is 12.9. The Kier molecular flexibility index (Phi) is 6.29. The van der Waals surface area contributed by atoms with Gasteiger partial charge in [-0.1, -0.05) is 20.8 Å². The van der Waals surface area contributed by atoms with Gasteiger partial charge >= 0.3 is 0 Å². The predicted octanol–water partition coefficient (Wildman–Crippen LogP) is 1.68. The van der Waals surface area contributed by atoms with Crippen molar-refractivity contribution in [2.75, 3.05) is 13.2 Å². The van der Waals surface area contributed by atoms with Crippen molar-refractivity contribution < 1.29 is 4.74 Å². The number of hydrogen-bond acceptors (Lipinski definition) is 3. The normalized spacial score (nSPS) is 14.5. The smallest absolute Gasteiger partial charge is 0.0632 e. The molecule has 0 aliphatic heterocycles. The number of hydrazine groups is 1. The summed E-state index contributed by atoms with van der Waals surface area (Å²) in [6, 6.07) is 0.291. The van der Waals surface area contributed by atoms with Gasteiger partial charge in [-0.15, -0.1) is 0 Å². The Morgan fingerprint density at radius 2 is 2.00 bits per heavy atom. The molecule has 0 spiro atoms. The summed E-state index contributed by atoms with van der Waals surface area (Å²) in [7, 11) is 0. The molecule has 0 radical (unpaired) electrons. The van der Waals surface area contributed by atoms with Crippen molar-refractivity contribution in [1.82, 2.24) is 5.43 Å². The third kappa shape index (κ3) is 8.22. The maximum atomic E-state index is 5.41. The molecule has 0 aromatic heterocycles. The summed E-state index contributed by atoms with van der Waals surface area (Å²) in [6.45, 7) is 10.2. The zero-order valence-corrected chi connectivity index (χ0v) is 9.39. The molecule has 3 N–H and O–H groups in total. The van der Waals surface area contributed by atoms with Crippen LogP contribution < -0.4 is 11.3 Å². The van der Waals surface area contributed by atoms with Crippen molar-refractivity contribution in [2.24, 2.45) is 11.3 Å². The molecule has 0 aliphatic carbocycles. The third-order valence-corrected chi connectivity index (χ3v) is 2.00. The summed E-state index contributed by atoms with van der Waals surface area (Å²) in [5.41, 5.74) is 3.16. The fourth-order valence-corrected chi connectivity index (χ4v) is 1.08. The van der Waals surface area contributed by atoms with Gasteiger partial charge in [0.05, 0.1) is 6.61 Å². The summed E-state index contributed by atoms with van der Waals surface area (Å²) < 4.78 is 5.31. The topological polar surface area (TPSA) is 47.3 Å². The van der Waals surface area contributed by atoms with E-state index in [9.17, 15) is 0 Å². The molecule has 0 amide bonds. The van der Waals surface area contributed by atoms with Crippen LogP contribution in [0, 0.1) is 5.41 Å². The van der Waals surface area contributed by atoms with Gasteiger partial charge in [0.25, 0.3) is 0 Å². The SMILES string of the molecule is CCOCC(CCC(C)(C)C)NN. The van der Waals surface area contributed by atoms with Crippen molar-refractivity contribution >= 4 is 0 Å². The van der Waals surface area contributed by atoms with E-state index in [-0.39, 0.29) is 0 Å². The molecule has 0 fully saturated rings. The Hall–Kier alpha value is -0.120. The fraction of sp³-hybridized carbons (Fsp3) is 1.00. The van der Waals surface area contributed by atoms with Gasteiger partial charge in [0, 0.05) is 12.6 Å². The Balaban J connectivity index is 3.59. The Morgan fingerprint density at radius 1 is 1.38 bits per heavy atom. The molecule has 0 aromatic rings. The fourth-order valence-electron chi connectivity index (χ4n) is 1.08. The maximum absolute atomic E-state index is 5.41. The van der Waals surface area contributed by atoms with Gasteiger partial charge in [-0.25, -0.2) is 0 Å². The zero-order valence-electron chi connectivity index (χ0n) is 9.39. The van der Waals surface area contributed by atoms with Crippen molar-refractivity contribution in [3.8, 4) is 0 Å². The maximum Gasteiger partial charge on any atom is 0.0632 e. The van der Waals surface area contributed by atoms with Crippen LogP contribution in [0.5, 0.6) is 0 Å². The molecule has 0 bridgehead atoms. The quantitative estimate of drug-likeness (QED) is 0.492. The van der Waals surface area contributed by atoms with E-state index in [1.54, 1.807) is 0 Å². The van der Waals surface area contributed by atoms with E-state index in [1.807, 2.05) is 6.92 Å². The molecular weight excluding hydrogens is 164 g/mol. The van der Waals surface area contributed by atoms with Crippen LogP contribution in [0.15, 0.2) is 0 Å². The van der Waals surface area contributed by atoms with E-state index in [1.165, 1.54) is 0 Å². The lowest BCUT2D eigenvalue weighted by Crippen LogP contribution is -2.39. The third-order valence-electron chi connectivity index (χ3n) is 2.00. The lowest BCUT2D eigenvalue weighted by atomic mass is 9.89. The van der Waals surface area contributed by atoms with E-state index in [0.717, 1.165) is 19.4 Å². The summed E-state index contributed by atoms with van der Waals surface area (Å²) >= 11 is 0. The molecule has 0 aliphatic rings. The highest BCUT2D eigenvalue weighted by Gasteiger charge is 2.14. The number of rotatable bonds is 6. The molecule has 80 valence electrons. The van der Waals surface area contributed by atoms with E-state index >= 15 is 0 Å². The highest BCUT2D eigenvalue weighted by atomic mass is 16.5. The van der Waals surface area contributed by atoms with Crippen LogP contribution >= 0.6 is 0 Å². The number of ether oxygens (including phenoxy) is 1. The summed E-state index contributed by atoms with van der Waals surface area (Å²) in [5.74, 6) is 5.41. The van der Waals surface area contributed by atoms with E-state index in [4.69, 9.17) is 10.6 Å². The molecule has 0 aromatic carbocycles. The number of nitrogens with one attached hydrogen (secondary N) is 1. The molecule has 3 heteroatoms. The first-order chi connectivity index (χ1) is 5.99. The average Bonchev–Trinajstić information content (AvgIpc) is 2.03. The monoisotopic (exact) mass is 188 g/mol. The number of hydrogen-bond donors (Lipinski definition) is 2. The molecular formula is C10H24N2O. The van der Waals surface area contributed by atoms with Crippen LogP contribution in [0.4, 0.5) is 0 Å². The van der Waals surface area contributed by atoms with Gasteiger partial charge in [-0.3, -0.25) is 11.3 Å². The van der Waals surface area contributed by atoms with Gasteiger partial charge in [0.15, 0.2) is 0 Å². The van der Waals surface area contributed by atoms with Crippen LogP contribution in [-0.2, 0) is 4.74 Å². The van der Waals surface area contributed by atoms with Crippen LogP contribution in [0.2, 0.25) is 0 Å². The minimum atomic E-state index is 0.291. The minimum Gasteiger partial charge on any atom is -0.380 e. The first-order valence-corrected chi connectivity index (χ1v) is 5.03. The minimum absolute atomic E-state index is 0.291. The Bertz CT molecular complexity index is 121. The largest absolute Gasteiger partial charge is 0.380 e. The van der Waals surface area contributed by atoms with E-state index < -0.39 is 0 Å². The molecule has 13 heavy (non-hydrogen) atoms. The van der Waals surface area contributed by atoms with E-state index in [2.05, 4.69) is 26.2 Å². The van der Waals surface area contributed by atoms with Gasteiger partial charge in [-0.05, 0) is 25.2 Å². The molecule has 3 nitrogen and oxygen atoms in total. The Labute approximate surface area is 82.0 Å². The van der Waals surface area contributed by atoms with Crippen molar-refractivity contribution in [1.29, 1.82) is 0 Å². The first-order valence-electron chi connectivity index (χ1n) is 5.03. The zero-order chi connectivity index (χ0) is 10.3.